The number of nitrogens with one attached hydrogen (secondary N) is 1. The molecule has 0 aliphatic heterocycles. The molecule has 0 rings (SSSR count). The van der Waals surface area contributed by atoms with Gasteiger partial charge in [0.05, 0.1) is 6.04 Å². The van der Waals surface area contributed by atoms with Gasteiger partial charge in [0.15, 0.2) is 0 Å². The summed E-state index contributed by atoms with van der Waals surface area (Å²) in [5, 5.41) is 11.2. The van der Waals surface area contributed by atoms with E-state index >= 15 is 0 Å². The Morgan fingerprint density at radius 1 is 1.50 bits per heavy atom. The maximum atomic E-state index is 11.6. The summed E-state index contributed by atoms with van der Waals surface area (Å²) >= 11 is 0. The summed E-state index contributed by atoms with van der Waals surface area (Å²) in [5.41, 5.74) is 5.31. The molecule has 0 saturated carbocycles. The minimum absolute atomic E-state index is 0.179. The fourth-order valence-electron chi connectivity index (χ4n) is 1.04. The lowest BCUT2D eigenvalue weighted by Crippen LogP contribution is -2.53. The molecule has 0 saturated heterocycles. The number of hydrogen-bond donors (Lipinski definition) is 3. The van der Waals surface area contributed by atoms with E-state index in [1.54, 1.807) is 0 Å². The Morgan fingerprint density at radius 2 is 2.00 bits per heavy atom. The highest BCUT2D eigenvalue weighted by molar-refractivity contribution is 5.87. The van der Waals surface area contributed by atoms with E-state index in [1.807, 2.05) is 20.8 Å². The van der Waals surface area contributed by atoms with Crippen LogP contribution >= 0.6 is 0 Å². The minimum atomic E-state index is -1.09. The van der Waals surface area contributed by atoms with Gasteiger partial charge >= 0.3 is 5.97 Å². The van der Waals surface area contributed by atoms with E-state index in [0.29, 0.717) is 0 Å². The van der Waals surface area contributed by atoms with Gasteiger partial charge in [0.2, 0.25) is 5.91 Å². The van der Waals surface area contributed by atoms with Crippen molar-refractivity contribution in [2.24, 2.45) is 11.1 Å². The molecule has 0 fully saturated rings. The number of nitrogens with two attached hydrogens (primary N) is 1. The SMILES string of the molecule is C=CCC(NC(=O)[C@H](N)C(C)(C)C)C(=O)O. The van der Waals surface area contributed by atoms with Crippen molar-refractivity contribution in [1.82, 2.24) is 5.32 Å². The predicted molar refractivity (Wildman–Crippen MR) is 61.8 cm³/mol. The third kappa shape index (κ3) is 4.44. The van der Waals surface area contributed by atoms with E-state index in [4.69, 9.17) is 10.8 Å². The second-order valence-corrected chi connectivity index (χ2v) is 4.77. The summed E-state index contributed by atoms with van der Waals surface area (Å²) < 4.78 is 0. The van der Waals surface area contributed by atoms with E-state index in [-0.39, 0.29) is 6.42 Å². The van der Waals surface area contributed by atoms with Crippen molar-refractivity contribution in [3.63, 3.8) is 0 Å². The number of carbonyl (C=O) groups excluding carboxylic acids is 1. The molecule has 92 valence electrons. The number of carboxylic acid groups (broad SMARTS) is 1. The lowest BCUT2D eigenvalue weighted by molar-refractivity contribution is -0.142. The Morgan fingerprint density at radius 3 is 2.31 bits per heavy atom. The zero-order chi connectivity index (χ0) is 12.9. The lowest BCUT2D eigenvalue weighted by Gasteiger charge is -2.27. The molecule has 1 amide bonds. The van der Waals surface area contributed by atoms with Crippen LogP contribution in [0.2, 0.25) is 0 Å². The van der Waals surface area contributed by atoms with Crippen LogP contribution in [0.1, 0.15) is 27.2 Å². The Balaban J connectivity index is 4.52. The molecule has 0 aliphatic rings. The van der Waals surface area contributed by atoms with Crippen LogP contribution in [-0.2, 0) is 9.59 Å². The van der Waals surface area contributed by atoms with Gasteiger partial charge in [0.25, 0.3) is 0 Å². The van der Waals surface area contributed by atoms with Gasteiger partial charge in [-0.05, 0) is 11.8 Å². The molecule has 4 N–H and O–H groups in total. The number of hydrogen-bond acceptors (Lipinski definition) is 3. The average molecular weight is 228 g/mol. The maximum absolute atomic E-state index is 11.6. The molecule has 16 heavy (non-hydrogen) atoms. The molecule has 5 nitrogen and oxygen atoms in total. The number of rotatable bonds is 5. The van der Waals surface area contributed by atoms with Crippen LogP contribution in [0.25, 0.3) is 0 Å². The van der Waals surface area contributed by atoms with E-state index in [0.717, 1.165) is 0 Å². The largest absolute Gasteiger partial charge is 0.480 e. The van der Waals surface area contributed by atoms with Crippen molar-refractivity contribution >= 4 is 11.9 Å². The fraction of sp³-hybridized carbons (Fsp3) is 0.636. The first-order chi connectivity index (χ1) is 7.20. The topological polar surface area (TPSA) is 92.4 Å². The van der Waals surface area contributed by atoms with Gasteiger partial charge in [-0.3, -0.25) is 4.79 Å². The van der Waals surface area contributed by atoms with Crippen LogP contribution in [-0.4, -0.2) is 29.1 Å². The third-order valence-electron chi connectivity index (χ3n) is 2.23. The van der Waals surface area contributed by atoms with Gasteiger partial charge in [-0.1, -0.05) is 26.8 Å². The summed E-state index contributed by atoms with van der Waals surface area (Å²) in [6.07, 6.45) is 1.62. The Labute approximate surface area is 95.7 Å². The van der Waals surface area contributed by atoms with Gasteiger partial charge in [0, 0.05) is 0 Å². The molecule has 0 aliphatic carbocycles. The van der Waals surface area contributed by atoms with Crippen LogP contribution in [0.4, 0.5) is 0 Å². The van der Waals surface area contributed by atoms with E-state index in [1.165, 1.54) is 6.08 Å². The van der Waals surface area contributed by atoms with Crippen LogP contribution < -0.4 is 11.1 Å². The molecule has 1 unspecified atom stereocenters. The highest BCUT2D eigenvalue weighted by Gasteiger charge is 2.30. The van der Waals surface area contributed by atoms with Crippen molar-refractivity contribution in [3.8, 4) is 0 Å². The minimum Gasteiger partial charge on any atom is -0.480 e. The molecule has 0 aromatic carbocycles. The second-order valence-electron chi connectivity index (χ2n) is 4.77. The Kier molecular flexibility index (Phi) is 5.17. The van der Waals surface area contributed by atoms with Gasteiger partial charge < -0.3 is 16.2 Å². The highest BCUT2D eigenvalue weighted by atomic mass is 16.4. The summed E-state index contributed by atoms with van der Waals surface area (Å²) in [5.74, 6) is -1.55. The van der Waals surface area contributed by atoms with Crippen LogP contribution in [0, 0.1) is 5.41 Å². The second kappa shape index (κ2) is 5.65. The van der Waals surface area contributed by atoms with Gasteiger partial charge in [-0.25, -0.2) is 4.79 Å². The predicted octanol–water partition coefficient (Wildman–Crippen LogP) is 0.505. The van der Waals surface area contributed by atoms with Crippen molar-refractivity contribution in [1.29, 1.82) is 0 Å². The van der Waals surface area contributed by atoms with E-state index in [9.17, 15) is 9.59 Å². The van der Waals surface area contributed by atoms with Gasteiger partial charge in [-0.2, -0.15) is 0 Å². The third-order valence-corrected chi connectivity index (χ3v) is 2.23. The normalized spacial score (nSPS) is 15.0. The molecule has 0 bridgehead atoms. The first-order valence-electron chi connectivity index (χ1n) is 5.09. The van der Waals surface area contributed by atoms with E-state index < -0.39 is 29.4 Å². The van der Waals surface area contributed by atoms with Gasteiger partial charge in [0.1, 0.15) is 6.04 Å². The maximum Gasteiger partial charge on any atom is 0.326 e. The number of carbonyl (C=O) groups is 2. The van der Waals surface area contributed by atoms with Crippen molar-refractivity contribution in [2.45, 2.75) is 39.3 Å². The fourth-order valence-corrected chi connectivity index (χ4v) is 1.04. The van der Waals surface area contributed by atoms with Crippen molar-refractivity contribution in [2.75, 3.05) is 0 Å². The Bertz CT molecular complexity index is 281. The van der Waals surface area contributed by atoms with Crippen LogP contribution in [0.5, 0.6) is 0 Å². The molecule has 5 heteroatoms. The first-order valence-corrected chi connectivity index (χ1v) is 5.09. The van der Waals surface area contributed by atoms with Crippen molar-refractivity contribution in [3.05, 3.63) is 12.7 Å². The molecular weight excluding hydrogens is 208 g/mol. The first kappa shape index (κ1) is 14.6. The smallest absolute Gasteiger partial charge is 0.326 e. The molecule has 0 radical (unpaired) electrons. The zero-order valence-corrected chi connectivity index (χ0v) is 9.99. The lowest BCUT2D eigenvalue weighted by atomic mass is 9.87. The summed E-state index contributed by atoms with van der Waals surface area (Å²) in [6.45, 7) is 8.90. The molecule has 0 aromatic rings. The summed E-state index contributed by atoms with van der Waals surface area (Å²) in [6, 6.07) is -1.70. The molecule has 0 spiro atoms. The number of aliphatic carboxylic acids is 1. The highest BCUT2D eigenvalue weighted by Crippen LogP contribution is 2.17. The Hall–Kier alpha value is -1.36. The van der Waals surface area contributed by atoms with Crippen molar-refractivity contribution < 1.29 is 14.7 Å². The summed E-state index contributed by atoms with van der Waals surface area (Å²) in [7, 11) is 0. The monoisotopic (exact) mass is 228 g/mol. The standard InChI is InChI=1S/C11H20N2O3/c1-5-6-7(10(15)16)13-9(14)8(12)11(2,3)4/h5,7-8H,1,6,12H2,2-4H3,(H,13,14)(H,15,16)/t7?,8-/m0/s1. The number of carboxylic acids is 1. The van der Waals surface area contributed by atoms with Crippen LogP contribution in [0.15, 0.2) is 12.7 Å². The molecule has 2 atom stereocenters. The molecule has 0 heterocycles. The van der Waals surface area contributed by atoms with E-state index in [2.05, 4.69) is 11.9 Å². The van der Waals surface area contributed by atoms with Gasteiger partial charge in [-0.15, -0.1) is 6.58 Å². The molecular formula is C11H20N2O3. The quantitative estimate of drug-likeness (QED) is 0.598. The van der Waals surface area contributed by atoms with Crippen LogP contribution in [0.3, 0.4) is 0 Å². The zero-order valence-electron chi connectivity index (χ0n) is 9.99. The average Bonchev–Trinajstić information content (AvgIpc) is 2.14. The molecule has 0 aromatic heterocycles. The summed E-state index contributed by atoms with van der Waals surface area (Å²) in [4.78, 5) is 22.4. The number of amides is 1.